The molecule has 1 rings (SSSR count). The molecule has 3 amide bonds. The summed E-state index contributed by atoms with van der Waals surface area (Å²) in [4.78, 5) is 21.4. The minimum absolute atomic E-state index is 0.0778. The summed E-state index contributed by atoms with van der Waals surface area (Å²) >= 11 is 2.93. The Bertz CT molecular complexity index is 445. The fourth-order valence-electron chi connectivity index (χ4n) is 1.06. The van der Waals surface area contributed by atoms with Gasteiger partial charge in [-0.15, -0.1) is 0 Å². The fourth-order valence-corrected chi connectivity index (χ4v) is 1.61. The Kier molecular flexibility index (Phi) is 4.38. The molecule has 8 heteroatoms. The Morgan fingerprint density at radius 3 is 2.53 bits per heavy atom. The van der Waals surface area contributed by atoms with Crippen molar-refractivity contribution in [3.63, 3.8) is 0 Å². The molecule has 0 fully saturated rings. The largest absolute Gasteiger partial charge is 0.373 e. The quantitative estimate of drug-likeness (QED) is 0.788. The first kappa shape index (κ1) is 13.4. The van der Waals surface area contributed by atoms with E-state index in [1.165, 1.54) is 0 Å². The van der Waals surface area contributed by atoms with Crippen LogP contribution in [0, 0.1) is 11.6 Å². The second kappa shape index (κ2) is 5.58. The predicted molar refractivity (Wildman–Crippen MR) is 60.3 cm³/mol. The van der Waals surface area contributed by atoms with Crippen molar-refractivity contribution in [3.05, 3.63) is 28.2 Å². The predicted octanol–water partition coefficient (Wildman–Crippen LogP) is 1.33. The molecular formula is C9H8BrF2N3O2. The molecule has 0 heterocycles. The molecule has 4 N–H and O–H groups in total. The van der Waals surface area contributed by atoms with Gasteiger partial charge in [0.2, 0.25) is 5.91 Å². The molecule has 5 nitrogen and oxygen atoms in total. The highest BCUT2D eigenvalue weighted by Gasteiger charge is 2.11. The van der Waals surface area contributed by atoms with Crippen molar-refractivity contribution in [3.8, 4) is 0 Å². The maximum absolute atomic E-state index is 13.3. The van der Waals surface area contributed by atoms with Crippen molar-refractivity contribution in [1.29, 1.82) is 0 Å². The monoisotopic (exact) mass is 307 g/mol. The third-order valence-electron chi connectivity index (χ3n) is 1.70. The summed E-state index contributed by atoms with van der Waals surface area (Å²) in [5.74, 6) is -2.33. The number of hydrogen-bond acceptors (Lipinski definition) is 3. The van der Waals surface area contributed by atoms with E-state index in [2.05, 4.69) is 21.2 Å². The van der Waals surface area contributed by atoms with E-state index in [1.54, 1.807) is 5.32 Å². The lowest BCUT2D eigenvalue weighted by molar-refractivity contribution is -0.118. The number of imide groups is 1. The molecule has 1 aromatic carbocycles. The van der Waals surface area contributed by atoms with Gasteiger partial charge in [-0.2, -0.15) is 0 Å². The van der Waals surface area contributed by atoms with Crippen molar-refractivity contribution < 1.29 is 18.4 Å². The van der Waals surface area contributed by atoms with Crippen LogP contribution in [0.2, 0.25) is 0 Å². The lowest BCUT2D eigenvalue weighted by Crippen LogP contribution is -2.38. The lowest BCUT2D eigenvalue weighted by atomic mass is 10.3. The summed E-state index contributed by atoms with van der Waals surface area (Å²) in [7, 11) is 0. The highest BCUT2D eigenvalue weighted by Crippen LogP contribution is 2.26. The highest BCUT2D eigenvalue weighted by atomic mass is 79.9. The van der Waals surface area contributed by atoms with Gasteiger partial charge in [-0.05, 0) is 22.0 Å². The summed E-state index contributed by atoms with van der Waals surface area (Å²) in [6, 6.07) is 0.701. The molecule has 0 radical (unpaired) electrons. The SMILES string of the molecule is NC(=O)NC(=O)CNc1c(F)cc(F)cc1Br. The van der Waals surface area contributed by atoms with Gasteiger partial charge < -0.3 is 11.1 Å². The average Bonchev–Trinajstić information content (AvgIpc) is 2.14. The third-order valence-corrected chi connectivity index (χ3v) is 2.32. The maximum Gasteiger partial charge on any atom is 0.318 e. The van der Waals surface area contributed by atoms with Crippen LogP contribution in [0.3, 0.4) is 0 Å². The van der Waals surface area contributed by atoms with E-state index in [1.807, 2.05) is 0 Å². The van der Waals surface area contributed by atoms with Gasteiger partial charge in [0.05, 0.1) is 12.2 Å². The lowest BCUT2D eigenvalue weighted by Gasteiger charge is -2.09. The van der Waals surface area contributed by atoms with Crippen molar-refractivity contribution in [2.75, 3.05) is 11.9 Å². The van der Waals surface area contributed by atoms with Crippen molar-refractivity contribution in [2.45, 2.75) is 0 Å². The number of primary amides is 1. The van der Waals surface area contributed by atoms with Crippen LogP contribution in [0.4, 0.5) is 19.3 Å². The van der Waals surface area contributed by atoms with Crippen LogP contribution in [0.5, 0.6) is 0 Å². The minimum Gasteiger partial charge on any atom is -0.373 e. The zero-order chi connectivity index (χ0) is 13.0. The third kappa shape index (κ3) is 3.99. The highest BCUT2D eigenvalue weighted by molar-refractivity contribution is 9.10. The van der Waals surface area contributed by atoms with Gasteiger partial charge in [0.1, 0.15) is 11.6 Å². The minimum atomic E-state index is -1.00. The number of hydrogen-bond donors (Lipinski definition) is 3. The second-order valence-corrected chi connectivity index (χ2v) is 3.86. The summed E-state index contributed by atoms with van der Waals surface area (Å²) in [6.45, 7) is -0.371. The fraction of sp³-hybridized carbons (Fsp3) is 0.111. The van der Waals surface area contributed by atoms with Crippen LogP contribution in [-0.4, -0.2) is 18.5 Å². The number of benzene rings is 1. The summed E-state index contributed by atoms with van der Waals surface area (Å²) in [6.07, 6.45) is 0. The molecule has 0 saturated heterocycles. The van der Waals surface area contributed by atoms with Crippen LogP contribution < -0.4 is 16.4 Å². The summed E-state index contributed by atoms with van der Waals surface area (Å²) in [5.41, 5.74) is 4.63. The molecule has 0 spiro atoms. The maximum atomic E-state index is 13.3. The van der Waals surface area contributed by atoms with Gasteiger partial charge in [-0.25, -0.2) is 13.6 Å². The van der Waals surface area contributed by atoms with Crippen LogP contribution in [-0.2, 0) is 4.79 Å². The molecule has 17 heavy (non-hydrogen) atoms. The number of carbonyl (C=O) groups is 2. The molecule has 0 aliphatic rings. The standard InChI is InChI=1S/C9H8BrF2N3O2/c10-5-1-4(11)2-6(12)8(5)14-3-7(16)15-9(13)17/h1-2,14H,3H2,(H3,13,15,16,17). The number of anilines is 1. The molecule has 0 atom stereocenters. The Balaban J connectivity index is 2.70. The van der Waals surface area contributed by atoms with E-state index in [-0.39, 0.29) is 16.7 Å². The van der Waals surface area contributed by atoms with E-state index in [0.29, 0.717) is 6.07 Å². The Labute approximate surface area is 103 Å². The molecule has 1 aromatic rings. The number of rotatable bonds is 3. The zero-order valence-electron chi connectivity index (χ0n) is 8.39. The first-order valence-corrected chi connectivity index (χ1v) is 5.17. The molecule has 0 aliphatic heterocycles. The van der Waals surface area contributed by atoms with E-state index in [4.69, 9.17) is 5.73 Å². The molecule has 0 unspecified atom stereocenters. The molecule has 0 aliphatic carbocycles. The summed E-state index contributed by atoms with van der Waals surface area (Å²) < 4.78 is 26.1. The van der Waals surface area contributed by atoms with Crippen molar-refractivity contribution in [2.24, 2.45) is 5.73 Å². The Morgan fingerprint density at radius 1 is 1.35 bits per heavy atom. The molecule has 92 valence electrons. The average molecular weight is 308 g/mol. The van der Waals surface area contributed by atoms with E-state index in [9.17, 15) is 18.4 Å². The van der Waals surface area contributed by atoms with E-state index < -0.39 is 23.6 Å². The number of halogens is 3. The first-order chi connectivity index (χ1) is 7.90. The number of amides is 3. The molecule has 0 saturated carbocycles. The molecule has 0 aromatic heterocycles. The Morgan fingerprint density at radius 2 is 2.00 bits per heavy atom. The molecule has 0 bridgehead atoms. The zero-order valence-corrected chi connectivity index (χ0v) is 9.98. The van der Waals surface area contributed by atoms with Gasteiger partial charge in [-0.1, -0.05) is 0 Å². The van der Waals surface area contributed by atoms with E-state index in [0.717, 1.165) is 6.07 Å². The van der Waals surface area contributed by atoms with Crippen molar-refractivity contribution in [1.82, 2.24) is 5.32 Å². The topological polar surface area (TPSA) is 84.2 Å². The normalized spacial score (nSPS) is 9.82. The van der Waals surface area contributed by atoms with Gasteiger partial charge in [0.15, 0.2) is 0 Å². The van der Waals surface area contributed by atoms with Gasteiger partial charge in [0.25, 0.3) is 0 Å². The van der Waals surface area contributed by atoms with Crippen molar-refractivity contribution >= 4 is 33.6 Å². The van der Waals surface area contributed by atoms with Gasteiger partial charge in [-0.3, -0.25) is 10.1 Å². The number of carbonyl (C=O) groups excluding carboxylic acids is 2. The van der Waals surface area contributed by atoms with Gasteiger partial charge in [0, 0.05) is 10.5 Å². The second-order valence-electron chi connectivity index (χ2n) is 3.01. The van der Waals surface area contributed by atoms with Crippen LogP contribution in [0.1, 0.15) is 0 Å². The van der Waals surface area contributed by atoms with Crippen LogP contribution in [0.25, 0.3) is 0 Å². The smallest absolute Gasteiger partial charge is 0.318 e. The Hall–Kier alpha value is -1.70. The first-order valence-electron chi connectivity index (χ1n) is 4.38. The summed E-state index contributed by atoms with van der Waals surface area (Å²) in [5, 5.41) is 4.19. The van der Waals surface area contributed by atoms with Gasteiger partial charge >= 0.3 is 6.03 Å². The van der Waals surface area contributed by atoms with Crippen LogP contribution in [0.15, 0.2) is 16.6 Å². The number of nitrogens with one attached hydrogen (secondary N) is 2. The number of nitrogens with two attached hydrogens (primary N) is 1. The van der Waals surface area contributed by atoms with E-state index >= 15 is 0 Å². The van der Waals surface area contributed by atoms with Crippen LogP contribution >= 0.6 is 15.9 Å². The number of urea groups is 1. The molecular weight excluding hydrogens is 300 g/mol.